The Morgan fingerprint density at radius 2 is 1.32 bits per heavy atom. The third kappa shape index (κ3) is 3.05. The van der Waals surface area contributed by atoms with Gasteiger partial charge in [-0.15, -0.1) is 0 Å². The van der Waals surface area contributed by atoms with Gasteiger partial charge in [-0.25, -0.2) is 4.79 Å². The molecule has 1 unspecified atom stereocenters. The van der Waals surface area contributed by atoms with Crippen LogP contribution in [0.4, 0.5) is 16.2 Å². The summed E-state index contributed by atoms with van der Waals surface area (Å²) in [5.74, 6) is 0. The van der Waals surface area contributed by atoms with Crippen LogP contribution in [0.1, 0.15) is 12.5 Å². The fourth-order valence-electron chi connectivity index (χ4n) is 3.67. The summed E-state index contributed by atoms with van der Waals surface area (Å²) in [5, 5.41) is 11.9. The van der Waals surface area contributed by atoms with Crippen LogP contribution in [0.2, 0.25) is 0 Å². The van der Waals surface area contributed by atoms with Crippen LogP contribution in [-0.2, 0) is 5.72 Å². The van der Waals surface area contributed by atoms with Crippen molar-refractivity contribution in [1.82, 2.24) is 0 Å². The van der Waals surface area contributed by atoms with Gasteiger partial charge in [-0.05, 0) is 55.5 Å². The van der Waals surface area contributed by atoms with E-state index in [4.69, 9.17) is 0 Å². The minimum absolute atomic E-state index is 0.275. The zero-order valence-electron chi connectivity index (χ0n) is 15.1. The molecule has 0 spiro atoms. The molecule has 1 N–H and O–H groups in total. The van der Waals surface area contributed by atoms with Crippen molar-refractivity contribution < 1.29 is 9.90 Å². The molecule has 0 radical (unpaired) electrons. The average Bonchev–Trinajstić information content (AvgIpc) is 2.91. The molecule has 2 atom stereocenters. The van der Waals surface area contributed by atoms with E-state index in [0.717, 1.165) is 14.6 Å². The number of nitrogens with zero attached hydrogens (tertiary/aromatic N) is 2. The van der Waals surface area contributed by atoms with Crippen LogP contribution < -0.4 is 9.80 Å². The molecule has 142 valence electrons. The second kappa shape index (κ2) is 7.35. The average molecular weight is 502 g/mol. The summed E-state index contributed by atoms with van der Waals surface area (Å²) in [7, 11) is 0. The summed E-state index contributed by atoms with van der Waals surface area (Å²) in [5.41, 5.74) is 0.512. The first kappa shape index (κ1) is 19.2. The van der Waals surface area contributed by atoms with E-state index in [1.807, 2.05) is 85.8 Å². The van der Waals surface area contributed by atoms with Crippen LogP contribution in [0.3, 0.4) is 0 Å². The van der Waals surface area contributed by atoms with Gasteiger partial charge in [-0.2, -0.15) is 0 Å². The largest absolute Gasteiger partial charge is 0.365 e. The fraction of sp³-hybridized carbons (Fsp3) is 0.136. The van der Waals surface area contributed by atoms with Crippen LogP contribution >= 0.6 is 31.9 Å². The minimum atomic E-state index is -1.51. The number of aliphatic hydroxyl groups is 1. The molecule has 1 aliphatic heterocycles. The van der Waals surface area contributed by atoms with E-state index in [0.29, 0.717) is 11.3 Å². The number of anilines is 2. The van der Waals surface area contributed by atoms with E-state index < -0.39 is 11.8 Å². The molecule has 1 fully saturated rings. The quantitative estimate of drug-likeness (QED) is 0.486. The van der Waals surface area contributed by atoms with Gasteiger partial charge < -0.3 is 5.11 Å². The molecular weight excluding hydrogens is 484 g/mol. The van der Waals surface area contributed by atoms with E-state index in [2.05, 4.69) is 31.9 Å². The maximum atomic E-state index is 13.5. The number of amides is 2. The van der Waals surface area contributed by atoms with Gasteiger partial charge in [0.25, 0.3) is 0 Å². The second-order valence-electron chi connectivity index (χ2n) is 6.71. The topological polar surface area (TPSA) is 43.8 Å². The molecular formula is C22H18Br2N2O2. The third-order valence-electron chi connectivity index (χ3n) is 5.10. The smallest absolute Gasteiger partial charge is 0.332 e. The molecule has 28 heavy (non-hydrogen) atoms. The van der Waals surface area contributed by atoms with Crippen LogP contribution in [-0.4, -0.2) is 17.2 Å². The molecule has 0 bridgehead atoms. The lowest BCUT2D eigenvalue weighted by Crippen LogP contribution is -2.48. The van der Waals surface area contributed by atoms with Crippen molar-refractivity contribution in [2.45, 2.75) is 18.7 Å². The molecule has 1 saturated heterocycles. The Morgan fingerprint density at radius 1 is 0.821 bits per heavy atom. The maximum Gasteiger partial charge on any atom is 0.332 e. The molecule has 4 rings (SSSR count). The Balaban J connectivity index is 1.89. The minimum Gasteiger partial charge on any atom is -0.365 e. The van der Waals surface area contributed by atoms with Crippen molar-refractivity contribution in [2.75, 3.05) is 9.80 Å². The number of rotatable bonds is 3. The summed E-state index contributed by atoms with van der Waals surface area (Å²) in [6.07, 6.45) is 0. The van der Waals surface area contributed by atoms with Gasteiger partial charge in [0.2, 0.25) is 0 Å². The summed E-state index contributed by atoms with van der Waals surface area (Å²) in [6, 6.07) is 23.4. The summed E-state index contributed by atoms with van der Waals surface area (Å²) < 4.78 is 1.84. The Morgan fingerprint density at radius 3 is 1.86 bits per heavy atom. The monoisotopic (exact) mass is 500 g/mol. The van der Waals surface area contributed by atoms with Gasteiger partial charge in [0.15, 0.2) is 5.72 Å². The van der Waals surface area contributed by atoms with Crippen molar-refractivity contribution in [1.29, 1.82) is 0 Å². The molecule has 1 heterocycles. The van der Waals surface area contributed by atoms with E-state index in [9.17, 15) is 9.90 Å². The number of hydrogen-bond donors (Lipinski definition) is 1. The predicted octanol–water partition coefficient (Wildman–Crippen LogP) is 5.89. The highest BCUT2D eigenvalue weighted by Gasteiger charge is 2.56. The number of hydrogen-bond acceptors (Lipinski definition) is 2. The van der Waals surface area contributed by atoms with Crippen molar-refractivity contribution in [3.63, 3.8) is 0 Å². The molecule has 2 amide bonds. The molecule has 4 nitrogen and oxygen atoms in total. The molecule has 0 aliphatic carbocycles. The van der Waals surface area contributed by atoms with Crippen molar-refractivity contribution in [2.24, 2.45) is 0 Å². The van der Waals surface area contributed by atoms with Gasteiger partial charge in [-0.3, -0.25) is 9.80 Å². The zero-order valence-corrected chi connectivity index (χ0v) is 18.3. The van der Waals surface area contributed by atoms with E-state index in [-0.39, 0.29) is 6.03 Å². The van der Waals surface area contributed by atoms with Crippen molar-refractivity contribution >= 4 is 49.3 Å². The van der Waals surface area contributed by atoms with Crippen LogP contribution in [0.25, 0.3) is 0 Å². The highest BCUT2D eigenvalue weighted by Crippen LogP contribution is 2.44. The zero-order chi connectivity index (χ0) is 19.9. The van der Waals surface area contributed by atoms with Crippen molar-refractivity contribution in [3.05, 3.63) is 93.4 Å². The summed E-state index contributed by atoms with van der Waals surface area (Å²) in [6.45, 7) is 1.87. The van der Waals surface area contributed by atoms with Crippen LogP contribution in [0.5, 0.6) is 0 Å². The lowest BCUT2D eigenvalue weighted by molar-refractivity contribution is 0.0372. The van der Waals surface area contributed by atoms with Crippen LogP contribution in [0, 0.1) is 0 Å². The highest BCUT2D eigenvalue weighted by atomic mass is 79.9. The van der Waals surface area contributed by atoms with Crippen molar-refractivity contribution in [3.8, 4) is 0 Å². The van der Waals surface area contributed by atoms with Gasteiger partial charge >= 0.3 is 6.03 Å². The first-order valence-corrected chi connectivity index (χ1v) is 10.4. The third-order valence-corrected chi connectivity index (χ3v) is 6.15. The van der Waals surface area contributed by atoms with Gasteiger partial charge in [0.05, 0.1) is 6.04 Å². The van der Waals surface area contributed by atoms with Gasteiger partial charge in [-0.1, -0.05) is 62.2 Å². The van der Waals surface area contributed by atoms with E-state index >= 15 is 0 Å². The Kier molecular flexibility index (Phi) is 5.04. The van der Waals surface area contributed by atoms with Crippen LogP contribution in [0.15, 0.2) is 87.8 Å². The maximum absolute atomic E-state index is 13.5. The van der Waals surface area contributed by atoms with E-state index in [1.165, 1.54) is 4.90 Å². The molecule has 0 aromatic heterocycles. The standard InChI is InChI=1S/C22H18Br2N2O2/c1-15-22(28,16-5-3-2-4-6-16)26(20-13-9-18(24)10-14-20)21(27)25(15)19-11-7-17(23)8-12-19/h2-15,28H,1H3/t15-,22?/m1/s1. The Labute approximate surface area is 180 Å². The lowest BCUT2D eigenvalue weighted by Gasteiger charge is -2.35. The lowest BCUT2D eigenvalue weighted by atomic mass is 9.94. The Hall–Kier alpha value is -2.15. The SMILES string of the molecule is C[C@H]1N(c2ccc(Br)cc2)C(=O)N(c2ccc(Br)cc2)C1(O)c1ccccc1. The van der Waals surface area contributed by atoms with E-state index in [1.54, 1.807) is 4.90 Å². The number of halogens is 2. The second-order valence-corrected chi connectivity index (χ2v) is 8.54. The van der Waals surface area contributed by atoms with Gasteiger partial charge in [0.1, 0.15) is 0 Å². The Bertz CT molecular complexity index is 993. The predicted molar refractivity (Wildman–Crippen MR) is 118 cm³/mol. The first-order chi connectivity index (χ1) is 13.4. The molecule has 1 aliphatic rings. The normalized spacial score (nSPS) is 22.0. The molecule has 6 heteroatoms. The fourth-order valence-corrected chi connectivity index (χ4v) is 4.20. The highest BCUT2D eigenvalue weighted by molar-refractivity contribution is 9.10. The number of carbonyl (C=O) groups excluding carboxylic acids is 1. The number of benzene rings is 3. The summed E-state index contributed by atoms with van der Waals surface area (Å²) in [4.78, 5) is 16.7. The number of carbonyl (C=O) groups is 1. The number of urea groups is 1. The summed E-state index contributed by atoms with van der Waals surface area (Å²) >= 11 is 6.86. The molecule has 0 saturated carbocycles. The first-order valence-electron chi connectivity index (χ1n) is 8.85. The molecule has 3 aromatic carbocycles. The molecule has 3 aromatic rings. The van der Waals surface area contributed by atoms with Gasteiger partial charge in [0, 0.05) is 25.9 Å².